The number of carbonyl (C=O) groups excluding carboxylic acids is 1. The van der Waals surface area contributed by atoms with E-state index in [1.165, 1.54) is 12.8 Å². The number of hydrogen-bond donors (Lipinski definition) is 2. The predicted molar refractivity (Wildman–Crippen MR) is 70.7 cm³/mol. The molecule has 0 radical (unpaired) electrons. The molecule has 0 bridgehead atoms. The quantitative estimate of drug-likeness (QED) is 0.294. The highest BCUT2D eigenvalue weighted by Crippen LogP contribution is 2.01. The highest BCUT2D eigenvalue weighted by Gasteiger charge is 2.05. The van der Waals surface area contributed by atoms with E-state index < -0.39 is 6.04 Å². The number of carbonyl (C=O) groups is 1. The fourth-order valence-electron chi connectivity index (χ4n) is 1.78. The molecule has 0 fully saturated rings. The lowest BCUT2D eigenvalue weighted by molar-refractivity contribution is -0.671. The zero-order valence-corrected chi connectivity index (χ0v) is 14.0. The Balaban J connectivity index is 0.00000324. The number of nitrogens with one attached hydrogen (secondary N) is 1. The minimum absolute atomic E-state index is 0. The van der Waals surface area contributed by atoms with Gasteiger partial charge in [0.2, 0.25) is 12.2 Å². The van der Waals surface area contributed by atoms with Gasteiger partial charge in [-0.25, -0.2) is 9.13 Å². The van der Waals surface area contributed by atoms with Crippen LogP contribution in [0.15, 0.2) is 18.7 Å². The molecule has 0 saturated carbocycles. The maximum atomic E-state index is 11.2. The molecule has 1 atom stereocenters. The molecule has 1 rings (SSSR count). The van der Waals surface area contributed by atoms with Crippen molar-refractivity contribution in [1.82, 2.24) is 9.88 Å². The third kappa shape index (κ3) is 8.20. The van der Waals surface area contributed by atoms with Crippen LogP contribution in [0.5, 0.6) is 0 Å². The number of unbranched alkanes of at least 4 members (excludes halogenated alkanes) is 3. The Labute approximate surface area is 132 Å². The third-order valence-corrected chi connectivity index (χ3v) is 2.88. The van der Waals surface area contributed by atoms with E-state index in [9.17, 15) is 4.79 Å². The van der Waals surface area contributed by atoms with Gasteiger partial charge in [-0.15, -0.1) is 0 Å². The maximum absolute atomic E-state index is 11.2. The van der Waals surface area contributed by atoms with Gasteiger partial charge in [-0.1, -0.05) is 6.42 Å². The number of nitrogens with two attached hydrogens (primary N) is 1. The lowest BCUT2D eigenvalue weighted by Crippen LogP contribution is -3.00. The molecule has 0 aliphatic rings. The molecular weight excluding hydrogens is 355 g/mol. The van der Waals surface area contributed by atoms with E-state index in [4.69, 9.17) is 5.73 Å². The Morgan fingerprint density at radius 2 is 2.05 bits per heavy atom. The molecule has 0 saturated heterocycles. The van der Waals surface area contributed by atoms with Gasteiger partial charge in [0.15, 0.2) is 0 Å². The van der Waals surface area contributed by atoms with Gasteiger partial charge in [0.1, 0.15) is 12.4 Å². The first-order chi connectivity index (χ1) is 8.59. The molecule has 19 heavy (non-hydrogen) atoms. The molecular formula is C13H25IN4O. The minimum Gasteiger partial charge on any atom is -1.00 e. The average Bonchev–Trinajstić information content (AvgIpc) is 2.73. The summed E-state index contributed by atoms with van der Waals surface area (Å²) in [5, 5.41) is 2.82. The van der Waals surface area contributed by atoms with Crippen LogP contribution in [-0.4, -0.2) is 23.1 Å². The van der Waals surface area contributed by atoms with Crippen molar-refractivity contribution >= 4 is 5.91 Å². The second-order valence-corrected chi connectivity index (χ2v) is 4.81. The number of imidazole rings is 1. The molecule has 1 aromatic heterocycles. The van der Waals surface area contributed by atoms with E-state index in [0.717, 1.165) is 25.9 Å². The van der Waals surface area contributed by atoms with E-state index in [1.807, 2.05) is 17.8 Å². The van der Waals surface area contributed by atoms with E-state index in [1.54, 1.807) is 6.92 Å². The van der Waals surface area contributed by atoms with Gasteiger partial charge in [-0.3, -0.25) is 4.79 Å². The first kappa shape index (κ1) is 18.4. The summed E-state index contributed by atoms with van der Waals surface area (Å²) in [6.07, 6.45) is 10.8. The number of rotatable bonds is 8. The van der Waals surface area contributed by atoms with Crippen molar-refractivity contribution in [1.29, 1.82) is 0 Å². The van der Waals surface area contributed by atoms with Crippen LogP contribution in [0.4, 0.5) is 0 Å². The fraction of sp³-hybridized carbons (Fsp3) is 0.692. The molecule has 0 aliphatic carbocycles. The average molecular weight is 380 g/mol. The fourth-order valence-corrected chi connectivity index (χ4v) is 1.78. The molecule has 1 heterocycles. The van der Waals surface area contributed by atoms with Crippen molar-refractivity contribution in [2.75, 3.05) is 6.54 Å². The Bertz CT molecular complexity index is 365. The summed E-state index contributed by atoms with van der Waals surface area (Å²) in [6, 6.07) is -0.403. The van der Waals surface area contributed by atoms with Gasteiger partial charge in [0.05, 0.1) is 19.6 Å². The number of hydrogen-bond acceptors (Lipinski definition) is 2. The highest BCUT2D eigenvalue weighted by molar-refractivity contribution is 5.80. The number of amides is 1. The van der Waals surface area contributed by atoms with Crippen LogP contribution in [0.25, 0.3) is 0 Å². The summed E-state index contributed by atoms with van der Waals surface area (Å²) in [5.41, 5.74) is 5.45. The molecule has 0 aliphatic heterocycles. The second-order valence-electron chi connectivity index (χ2n) is 4.81. The van der Waals surface area contributed by atoms with Crippen molar-refractivity contribution in [3.8, 4) is 0 Å². The molecule has 5 nitrogen and oxygen atoms in total. The predicted octanol–water partition coefficient (Wildman–Crippen LogP) is -2.66. The van der Waals surface area contributed by atoms with Crippen molar-refractivity contribution in [3.63, 3.8) is 0 Å². The monoisotopic (exact) mass is 380 g/mol. The number of halogens is 1. The van der Waals surface area contributed by atoms with E-state index in [-0.39, 0.29) is 29.9 Å². The molecule has 1 amide bonds. The first-order valence-corrected chi connectivity index (χ1v) is 6.64. The molecule has 110 valence electrons. The summed E-state index contributed by atoms with van der Waals surface area (Å²) in [6.45, 7) is 3.50. The Hall–Kier alpha value is -0.630. The van der Waals surface area contributed by atoms with Gasteiger partial charge in [0, 0.05) is 6.54 Å². The second kappa shape index (κ2) is 10.2. The van der Waals surface area contributed by atoms with Crippen LogP contribution in [0.2, 0.25) is 0 Å². The largest absolute Gasteiger partial charge is 1.00 e. The van der Waals surface area contributed by atoms with E-state index >= 15 is 0 Å². The molecule has 3 N–H and O–H groups in total. The van der Waals surface area contributed by atoms with Crippen LogP contribution >= 0.6 is 0 Å². The molecule has 1 aromatic rings. The Morgan fingerprint density at radius 1 is 1.37 bits per heavy atom. The van der Waals surface area contributed by atoms with Crippen molar-refractivity contribution in [2.24, 2.45) is 12.8 Å². The summed E-state index contributed by atoms with van der Waals surface area (Å²) >= 11 is 0. The molecule has 0 aromatic carbocycles. The Morgan fingerprint density at radius 3 is 2.63 bits per heavy atom. The minimum atomic E-state index is -0.403. The zero-order valence-electron chi connectivity index (χ0n) is 11.8. The smallest absolute Gasteiger partial charge is 0.243 e. The summed E-state index contributed by atoms with van der Waals surface area (Å²) in [7, 11) is 2.03. The number of aromatic nitrogens is 2. The van der Waals surface area contributed by atoms with Crippen molar-refractivity contribution in [2.45, 2.75) is 45.2 Å². The van der Waals surface area contributed by atoms with Crippen LogP contribution < -0.4 is 39.6 Å². The molecule has 6 heteroatoms. The lowest BCUT2D eigenvalue weighted by atomic mass is 10.2. The van der Waals surface area contributed by atoms with E-state index in [0.29, 0.717) is 0 Å². The first-order valence-electron chi connectivity index (χ1n) is 6.64. The van der Waals surface area contributed by atoms with E-state index in [2.05, 4.69) is 22.4 Å². The number of nitrogens with zero attached hydrogens (tertiary/aromatic N) is 2. The van der Waals surface area contributed by atoms with Gasteiger partial charge in [0.25, 0.3) is 0 Å². The SMILES string of the molecule is C[C@H](N)C(=O)NCCCCCCn1cc[n+](C)c1.[I-]. The normalized spacial score (nSPS) is 11.7. The maximum Gasteiger partial charge on any atom is 0.243 e. The van der Waals surface area contributed by atoms with Crippen LogP contribution in [0, 0.1) is 0 Å². The molecule has 0 spiro atoms. The zero-order chi connectivity index (χ0) is 13.4. The van der Waals surface area contributed by atoms with Gasteiger partial charge < -0.3 is 35.0 Å². The molecule has 0 unspecified atom stereocenters. The summed E-state index contributed by atoms with van der Waals surface area (Å²) in [4.78, 5) is 11.2. The van der Waals surface area contributed by atoms with Gasteiger partial charge >= 0.3 is 0 Å². The van der Waals surface area contributed by atoms with Crippen molar-refractivity contribution < 1.29 is 33.3 Å². The van der Waals surface area contributed by atoms with Crippen LogP contribution in [-0.2, 0) is 18.4 Å². The summed E-state index contributed by atoms with van der Waals surface area (Å²) in [5.74, 6) is -0.0603. The Kier molecular flexibility index (Phi) is 9.85. The topological polar surface area (TPSA) is 63.9 Å². The summed E-state index contributed by atoms with van der Waals surface area (Å²) < 4.78 is 4.24. The van der Waals surface area contributed by atoms with Gasteiger partial charge in [-0.2, -0.15) is 0 Å². The van der Waals surface area contributed by atoms with Crippen LogP contribution in [0.1, 0.15) is 32.6 Å². The van der Waals surface area contributed by atoms with Gasteiger partial charge in [-0.05, 0) is 26.2 Å². The van der Waals surface area contributed by atoms with Crippen molar-refractivity contribution in [3.05, 3.63) is 18.7 Å². The lowest BCUT2D eigenvalue weighted by Gasteiger charge is -2.06. The van der Waals surface area contributed by atoms with Crippen LogP contribution in [0.3, 0.4) is 0 Å². The number of aryl methyl sites for hydroxylation is 2. The standard InChI is InChI=1S/C13H24N4O.HI/c1-12(14)13(18)15-7-5-3-4-6-8-17-10-9-16(2)11-17;/h9-12H,3-8,14H2,1-2H3;1H/t12-;/m0./s1. The highest BCUT2D eigenvalue weighted by atomic mass is 127. The third-order valence-electron chi connectivity index (χ3n) is 2.88.